The molecule has 0 aromatic heterocycles. The van der Waals surface area contributed by atoms with Crippen LogP contribution in [-0.2, 0) is 6.42 Å². The van der Waals surface area contributed by atoms with E-state index in [1.54, 1.807) is 7.11 Å². The Labute approximate surface area is 178 Å². The summed E-state index contributed by atoms with van der Waals surface area (Å²) in [6.07, 6.45) is 6.75. The van der Waals surface area contributed by atoms with Gasteiger partial charge in [0.05, 0.1) is 13.5 Å². The van der Waals surface area contributed by atoms with Gasteiger partial charge >= 0.3 is 0 Å². The smallest absolute Gasteiger partial charge is 0.174 e. The number of rotatable bonds is 7. The maximum Gasteiger partial charge on any atom is 0.174 e. The van der Waals surface area contributed by atoms with Crippen LogP contribution in [0.4, 0.5) is 0 Å². The average molecular weight is 407 g/mol. The Bertz CT molecular complexity index is 966. The van der Waals surface area contributed by atoms with Crippen molar-refractivity contribution >= 4 is 5.78 Å². The van der Waals surface area contributed by atoms with E-state index in [4.69, 9.17) is 9.47 Å². The Morgan fingerprint density at radius 3 is 2.60 bits per heavy atom. The van der Waals surface area contributed by atoms with Crippen LogP contribution in [0.1, 0.15) is 67.6 Å². The lowest BCUT2D eigenvalue weighted by Gasteiger charge is -2.28. The molecular weight excluding hydrogens is 376 g/mol. The zero-order valence-electron chi connectivity index (χ0n) is 18.2. The van der Waals surface area contributed by atoms with Crippen LogP contribution in [0.2, 0.25) is 0 Å². The SMILES string of the molecule is COc1cc(O)c2c(c1C/C=C(\C)CCC=C(C)C)O[C@H](c1ccccc1)CC2=O. The first-order valence-corrected chi connectivity index (χ1v) is 10.4. The Kier molecular flexibility index (Phi) is 6.99. The molecule has 1 heterocycles. The molecule has 4 heteroatoms. The quantitative estimate of drug-likeness (QED) is 0.545. The first-order chi connectivity index (χ1) is 14.4. The first-order valence-electron chi connectivity index (χ1n) is 10.4. The van der Waals surface area contributed by atoms with Crippen molar-refractivity contribution in [3.05, 3.63) is 76.4 Å². The van der Waals surface area contributed by atoms with Crippen LogP contribution in [0, 0.1) is 0 Å². The molecular formula is C26H30O4. The second-order valence-electron chi connectivity index (χ2n) is 8.00. The van der Waals surface area contributed by atoms with Crippen molar-refractivity contribution in [2.45, 2.75) is 52.6 Å². The summed E-state index contributed by atoms with van der Waals surface area (Å²) in [5.74, 6) is 0.758. The summed E-state index contributed by atoms with van der Waals surface area (Å²) in [6.45, 7) is 6.31. The molecule has 0 saturated carbocycles. The standard InChI is InChI=1S/C26H30O4/c1-17(2)9-8-10-18(3)13-14-20-24(29-4)16-22(28)25-21(27)15-23(30-26(20)25)19-11-6-5-7-12-19/h5-7,9,11-13,16,23,28H,8,10,14-15H2,1-4H3/b18-13+/t23-/m0/s1. The highest BCUT2D eigenvalue weighted by atomic mass is 16.5. The van der Waals surface area contributed by atoms with Gasteiger partial charge in [0, 0.05) is 11.6 Å². The number of carbonyl (C=O) groups is 1. The molecule has 1 aliphatic rings. The molecule has 0 spiro atoms. The third-order valence-electron chi connectivity index (χ3n) is 5.37. The molecule has 1 N–H and O–H groups in total. The molecule has 3 rings (SSSR count). The molecule has 0 aliphatic carbocycles. The molecule has 30 heavy (non-hydrogen) atoms. The maximum atomic E-state index is 12.9. The van der Waals surface area contributed by atoms with E-state index in [1.165, 1.54) is 17.2 Å². The van der Waals surface area contributed by atoms with E-state index in [9.17, 15) is 9.90 Å². The third-order valence-corrected chi connectivity index (χ3v) is 5.37. The van der Waals surface area contributed by atoms with Gasteiger partial charge in [-0.2, -0.15) is 0 Å². The second kappa shape index (κ2) is 9.66. The molecule has 0 bridgehead atoms. The third kappa shape index (κ3) is 4.93. The summed E-state index contributed by atoms with van der Waals surface area (Å²) in [5, 5.41) is 10.5. The molecule has 2 aromatic rings. The average Bonchev–Trinajstić information content (AvgIpc) is 2.72. The van der Waals surface area contributed by atoms with Gasteiger partial charge in [0.15, 0.2) is 5.78 Å². The van der Waals surface area contributed by atoms with Crippen LogP contribution in [0.25, 0.3) is 0 Å². The highest BCUT2D eigenvalue weighted by Crippen LogP contribution is 2.45. The molecule has 0 amide bonds. The van der Waals surface area contributed by atoms with Crippen LogP contribution in [0.15, 0.2) is 59.7 Å². The fourth-order valence-electron chi connectivity index (χ4n) is 3.71. The molecule has 1 aliphatic heterocycles. The zero-order valence-corrected chi connectivity index (χ0v) is 18.2. The van der Waals surface area contributed by atoms with Gasteiger partial charge in [-0.25, -0.2) is 0 Å². The maximum absolute atomic E-state index is 12.9. The minimum Gasteiger partial charge on any atom is -0.507 e. The van der Waals surface area contributed by atoms with Crippen molar-refractivity contribution in [3.63, 3.8) is 0 Å². The molecule has 0 fully saturated rings. The van der Waals surface area contributed by atoms with Gasteiger partial charge in [0.1, 0.15) is 28.9 Å². The zero-order chi connectivity index (χ0) is 21.7. The first kappa shape index (κ1) is 21.7. The molecule has 4 nitrogen and oxygen atoms in total. The van der Waals surface area contributed by atoms with E-state index in [1.807, 2.05) is 30.3 Å². The number of allylic oxidation sites excluding steroid dienone is 4. The number of hydrogen-bond acceptors (Lipinski definition) is 4. The summed E-state index contributed by atoms with van der Waals surface area (Å²) in [7, 11) is 1.56. The minimum absolute atomic E-state index is 0.0913. The summed E-state index contributed by atoms with van der Waals surface area (Å²) in [6, 6.07) is 11.2. The van der Waals surface area contributed by atoms with E-state index in [0.717, 1.165) is 24.0 Å². The molecule has 1 atom stereocenters. The Balaban J connectivity index is 1.95. The minimum atomic E-state index is -0.376. The largest absolute Gasteiger partial charge is 0.507 e. The van der Waals surface area contributed by atoms with Crippen LogP contribution >= 0.6 is 0 Å². The summed E-state index contributed by atoms with van der Waals surface area (Å²) >= 11 is 0. The van der Waals surface area contributed by atoms with E-state index in [2.05, 4.69) is 32.9 Å². The predicted octanol–water partition coefficient (Wildman–Crippen LogP) is 6.34. The highest BCUT2D eigenvalue weighted by Gasteiger charge is 2.33. The molecule has 2 aromatic carbocycles. The number of carbonyl (C=O) groups excluding carboxylic acids is 1. The normalized spacial score (nSPS) is 15.9. The number of phenolic OH excluding ortho intramolecular Hbond substituents is 1. The van der Waals surface area contributed by atoms with Gasteiger partial charge < -0.3 is 14.6 Å². The van der Waals surface area contributed by atoms with Crippen molar-refractivity contribution in [2.24, 2.45) is 0 Å². The molecule has 158 valence electrons. The summed E-state index contributed by atoms with van der Waals surface area (Å²) < 4.78 is 11.8. The van der Waals surface area contributed by atoms with Gasteiger partial charge in [-0.1, -0.05) is 53.6 Å². The summed E-state index contributed by atoms with van der Waals surface area (Å²) in [5.41, 5.74) is 4.57. The monoisotopic (exact) mass is 406 g/mol. The molecule has 0 unspecified atom stereocenters. The van der Waals surface area contributed by atoms with E-state index in [0.29, 0.717) is 17.9 Å². The Morgan fingerprint density at radius 1 is 1.20 bits per heavy atom. The number of benzene rings is 2. The number of hydrogen-bond donors (Lipinski definition) is 1. The van der Waals surface area contributed by atoms with Crippen molar-refractivity contribution in [1.29, 1.82) is 0 Å². The van der Waals surface area contributed by atoms with E-state index in [-0.39, 0.29) is 29.6 Å². The second-order valence-corrected chi connectivity index (χ2v) is 8.00. The number of Topliss-reactive ketones (excluding diaryl/α,β-unsaturated/α-hetero) is 1. The number of methoxy groups -OCH3 is 1. The molecule has 0 radical (unpaired) electrons. The van der Waals surface area contributed by atoms with E-state index < -0.39 is 0 Å². The Hall–Kier alpha value is -3.01. The van der Waals surface area contributed by atoms with Gasteiger partial charge in [-0.05, 0) is 45.6 Å². The number of fused-ring (bicyclic) bond motifs is 1. The van der Waals surface area contributed by atoms with Crippen molar-refractivity contribution in [3.8, 4) is 17.2 Å². The number of ketones is 1. The van der Waals surface area contributed by atoms with Gasteiger partial charge in [0.2, 0.25) is 0 Å². The van der Waals surface area contributed by atoms with Crippen molar-refractivity contribution in [1.82, 2.24) is 0 Å². The van der Waals surface area contributed by atoms with Crippen molar-refractivity contribution in [2.75, 3.05) is 7.11 Å². The number of phenols is 1. The highest BCUT2D eigenvalue weighted by molar-refractivity contribution is 6.03. The number of ether oxygens (including phenoxy) is 2. The van der Waals surface area contributed by atoms with Crippen LogP contribution in [0.3, 0.4) is 0 Å². The van der Waals surface area contributed by atoms with Gasteiger partial charge in [-0.15, -0.1) is 0 Å². The van der Waals surface area contributed by atoms with Crippen LogP contribution in [-0.4, -0.2) is 18.0 Å². The fourth-order valence-corrected chi connectivity index (χ4v) is 3.71. The molecule has 0 saturated heterocycles. The van der Waals surface area contributed by atoms with E-state index >= 15 is 0 Å². The van der Waals surface area contributed by atoms with Gasteiger partial charge in [-0.3, -0.25) is 4.79 Å². The number of aromatic hydroxyl groups is 1. The lowest BCUT2D eigenvalue weighted by molar-refractivity contribution is 0.0842. The van der Waals surface area contributed by atoms with Gasteiger partial charge in [0.25, 0.3) is 0 Å². The topological polar surface area (TPSA) is 55.8 Å². The van der Waals surface area contributed by atoms with Crippen molar-refractivity contribution < 1.29 is 19.4 Å². The summed E-state index contributed by atoms with van der Waals surface area (Å²) in [4.78, 5) is 12.9. The Morgan fingerprint density at radius 2 is 1.93 bits per heavy atom. The van der Waals surface area contributed by atoms with Crippen LogP contribution in [0.5, 0.6) is 17.2 Å². The lowest BCUT2D eigenvalue weighted by atomic mass is 9.92. The predicted molar refractivity (Wildman–Crippen MR) is 120 cm³/mol. The fraction of sp³-hybridized carbons (Fsp3) is 0.346. The van der Waals surface area contributed by atoms with Crippen LogP contribution < -0.4 is 9.47 Å². The lowest BCUT2D eigenvalue weighted by Crippen LogP contribution is -2.22.